The van der Waals surface area contributed by atoms with Crippen molar-refractivity contribution >= 4 is 23.7 Å². The molecule has 5 heteroatoms. The fraction of sp³-hybridized carbons (Fsp3) is 0.444. The second-order valence-corrected chi connectivity index (χ2v) is 6.87. The molecule has 1 aromatic heterocycles. The van der Waals surface area contributed by atoms with E-state index in [1.165, 1.54) is 28.8 Å². The van der Waals surface area contributed by atoms with Crippen LogP contribution in [0.15, 0.2) is 35.7 Å². The molecule has 2 unspecified atom stereocenters. The summed E-state index contributed by atoms with van der Waals surface area (Å²) < 4.78 is 5.73. The maximum absolute atomic E-state index is 10.1. The van der Waals surface area contributed by atoms with Crippen molar-refractivity contribution in [2.75, 3.05) is 13.2 Å². The normalized spacial score (nSPS) is 15.6. The molecule has 2 atom stereocenters. The standard InChI is InChI=1S/C18H23NO2S.ClH/c1-13(18-6-3-9-22-18)19-11-16(20)12-21-17-8-7-14-4-2-5-15(14)10-17;/h3,6-10,13,16,19-20H,2,4-5,11-12H2,1H3;1H. The molecule has 0 saturated carbocycles. The van der Waals surface area contributed by atoms with Crippen LogP contribution >= 0.6 is 23.7 Å². The van der Waals surface area contributed by atoms with Gasteiger partial charge in [0.2, 0.25) is 0 Å². The summed E-state index contributed by atoms with van der Waals surface area (Å²) in [7, 11) is 0. The van der Waals surface area contributed by atoms with Gasteiger partial charge in [-0.2, -0.15) is 0 Å². The molecule has 2 N–H and O–H groups in total. The van der Waals surface area contributed by atoms with Crippen LogP contribution in [0.5, 0.6) is 5.75 Å². The van der Waals surface area contributed by atoms with E-state index in [1.54, 1.807) is 11.3 Å². The molecule has 126 valence electrons. The maximum Gasteiger partial charge on any atom is 0.119 e. The Bertz CT molecular complexity index is 603. The van der Waals surface area contributed by atoms with Crippen LogP contribution in [0.1, 0.15) is 35.4 Å². The first-order valence-corrected chi connectivity index (χ1v) is 8.80. The second-order valence-electron chi connectivity index (χ2n) is 5.89. The number of aryl methyl sites for hydroxylation is 2. The van der Waals surface area contributed by atoms with Crippen molar-refractivity contribution in [1.29, 1.82) is 0 Å². The number of aliphatic hydroxyl groups is 1. The number of fused-ring (bicyclic) bond motifs is 1. The number of hydrogen-bond donors (Lipinski definition) is 2. The van der Waals surface area contributed by atoms with Crippen LogP contribution in [0, 0.1) is 0 Å². The zero-order valence-corrected chi connectivity index (χ0v) is 15.0. The van der Waals surface area contributed by atoms with Crippen LogP contribution in [0.25, 0.3) is 0 Å². The van der Waals surface area contributed by atoms with E-state index >= 15 is 0 Å². The molecule has 23 heavy (non-hydrogen) atoms. The zero-order chi connectivity index (χ0) is 15.4. The summed E-state index contributed by atoms with van der Waals surface area (Å²) in [6.45, 7) is 2.97. The molecule has 0 saturated heterocycles. The number of ether oxygens (including phenoxy) is 1. The highest BCUT2D eigenvalue weighted by Crippen LogP contribution is 2.26. The van der Waals surface area contributed by atoms with E-state index in [-0.39, 0.29) is 18.4 Å². The first-order valence-electron chi connectivity index (χ1n) is 7.92. The van der Waals surface area contributed by atoms with E-state index in [9.17, 15) is 5.11 Å². The van der Waals surface area contributed by atoms with Gasteiger partial charge in [0.1, 0.15) is 18.5 Å². The van der Waals surface area contributed by atoms with E-state index in [1.807, 2.05) is 12.1 Å². The van der Waals surface area contributed by atoms with Gasteiger partial charge in [-0.05, 0) is 60.9 Å². The van der Waals surface area contributed by atoms with Gasteiger partial charge in [-0.15, -0.1) is 23.7 Å². The van der Waals surface area contributed by atoms with Gasteiger partial charge in [0.25, 0.3) is 0 Å². The second kappa shape index (κ2) is 8.69. The highest BCUT2D eigenvalue weighted by molar-refractivity contribution is 7.10. The average molecular weight is 354 g/mol. The Hall–Kier alpha value is -1.07. The fourth-order valence-corrected chi connectivity index (χ4v) is 3.60. The third kappa shape index (κ3) is 4.95. The molecule has 0 fully saturated rings. The van der Waals surface area contributed by atoms with Crippen molar-refractivity contribution in [2.45, 2.75) is 38.3 Å². The number of aliphatic hydroxyl groups excluding tert-OH is 1. The highest BCUT2D eigenvalue weighted by Gasteiger charge is 2.13. The summed E-state index contributed by atoms with van der Waals surface area (Å²) >= 11 is 1.73. The van der Waals surface area contributed by atoms with E-state index in [2.05, 4.69) is 35.8 Å². The Balaban J connectivity index is 0.00000192. The van der Waals surface area contributed by atoms with Crippen LogP contribution in [-0.4, -0.2) is 24.4 Å². The van der Waals surface area contributed by atoms with Crippen LogP contribution < -0.4 is 10.1 Å². The SMILES string of the molecule is CC(NCC(O)COc1ccc2c(c1)CCC2)c1cccs1.Cl. The first kappa shape index (κ1) is 18.3. The number of rotatable bonds is 7. The Morgan fingerprint density at radius 3 is 2.87 bits per heavy atom. The zero-order valence-electron chi connectivity index (χ0n) is 13.3. The maximum atomic E-state index is 10.1. The monoisotopic (exact) mass is 353 g/mol. The molecule has 0 bridgehead atoms. The molecule has 2 aromatic rings. The highest BCUT2D eigenvalue weighted by atomic mass is 35.5. The van der Waals surface area contributed by atoms with Crippen molar-refractivity contribution < 1.29 is 9.84 Å². The quantitative estimate of drug-likeness (QED) is 0.796. The van der Waals surface area contributed by atoms with Gasteiger partial charge >= 0.3 is 0 Å². The van der Waals surface area contributed by atoms with Crippen LogP contribution in [0.2, 0.25) is 0 Å². The van der Waals surface area contributed by atoms with Crippen LogP contribution in [0.3, 0.4) is 0 Å². The smallest absolute Gasteiger partial charge is 0.119 e. The van der Waals surface area contributed by atoms with Gasteiger partial charge in [0.05, 0.1) is 0 Å². The molecule has 1 heterocycles. The third-order valence-corrected chi connectivity index (χ3v) is 5.20. The van der Waals surface area contributed by atoms with Crippen LogP contribution in [-0.2, 0) is 12.8 Å². The van der Waals surface area contributed by atoms with E-state index in [0.717, 1.165) is 12.2 Å². The molecule has 1 aliphatic rings. The number of thiophene rings is 1. The van der Waals surface area contributed by atoms with E-state index < -0.39 is 6.10 Å². The molecule has 0 aliphatic heterocycles. The van der Waals surface area contributed by atoms with Crippen molar-refractivity contribution in [3.05, 3.63) is 51.7 Å². The van der Waals surface area contributed by atoms with E-state index in [0.29, 0.717) is 13.2 Å². The predicted molar refractivity (Wildman–Crippen MR) is 98.0 cm³/mol. The Labute approximate surface area is 148 Å². The lowest BCUT2D eigenvalue weighted by Gasteiger charge is -2.17. The van der Waals surface area contributed by atoms with Gasteiger partial charge < -0.3 is 15.2 Å². The number of halogens is 1. The summed E-state index contributed by atoms with van der Waals surface area (Å²) in [6.07, 6.45) is 3.07. The fourth-order valence-electron chi connectivity index (χ4n) is 2.84. The minimum Gasteiger partial charge on any atom is -0.491 e. The summed E-state index contributed by atoms with van der Waals surface area (Å²) in [5.41, 5.74) is 2.84. The van der Waals surface area contributed by atoms with E-state index in [4.69, 9.17) is 4.74 Å². The Morgan fingerprint density at radius 1 is 1.26 bits per heavy atom. The summed E-state index contributed by atoms with van der Waals surface area (Å²) in [5.74, 6) is 0.867. The summed E-state index contributed by atoms with van der Waals surface area (Å²) in [5, 5.41) is 15.5. The molecular formula is C18H24ClNO2S. The first-order chi connectivity index (χ1) is 10.7. The topological polar surface area (TPSA) is 41.5 Å². The summed E-state index contributed by atoms with van der Waals surface area (Å²) in [4.78, 5) is 1.28. The predicted octanol–water partition coefficient (Wildman–Crippen LogP) is 3.75. The third-order valence-electron chi connectivity index (χ3n) is 4.14. The van der Waals surface area contributed by atoms with Gasteiger partial charge in [0.15, 0.2) is 0 Å². The lowest BCUT2D eigenvalue weighted by molar-refractivity contribution is 0.104. The lowest BCUT2D eigenvalue weighted by Crippen LogP contribution is -2.32. The minimum absolute atomic E-state index is 0. The Morgan fingerprint density at radius 2 is 2.09 bits per heavy atom. The van der Waals surface area contributed by atoms with Gasteiger partial charge in [-0.1, -0.05) is 12.1 Å². The molecule has 1 aliphatic carbocycles. The molecular weight excluding hydrogens is 330 g/mol. The average Bonchev–Trinajstić information content (AvgIpc) is 3.20. The lowest BCUT2D eigenvalue weighted by atomic mass is 10.1. The minimum atomic E-state index is -0.504. The van der Waals surface area contributed by atoms with Crippen molar-refractivity contribution in [2.24, 2.45) is 0 Å². The van der Waals surface area contributed by atoms with Gasteiger partial charge in [-0.25, -0.2) is 0 Å². The molecule has 3 rings (SSSR count). The molecule has 1 aromatic carbocycles. The Kier molecular flexibility index (Phi) is 6.90. The number of hydrogen-bond acceptors (Lipinski definition) is 4. The molecule has 0 amide bonds. The molecule has 0 radical (unpaired) electrons. The van der Waals surface area contributed by atoms with Crippen molar-refractivity contribution in [3.8, 4) is 5.75 Å². The van der Waals surface area contributed by atoms with Crippen molar-refractivity contribution in [3.63, 3.8) is 0 Å². The van der Waals surface area contributed by atoms with Gasteiger partial charge in [0, 0.05) is 17.5 Å². The van der Waals surface area contributed by atoms with Gasteiger partial charge in [-0.3, -0.25) is 0 Å². The molecule has 3 nitrogen and oxygen atoms in total. The van der Waals surface area contributed by atoms with Crippen LogP contribution in [0.4, 0.5) is 0 Å². The summed E-state index contributed by atoms with van der Waals surface area (Å²) in [6, 6.07) is 10.7. The largest absolute Gasteiger partial charge is 0.491 e. The number of benzene rings is 1. The molecule has 0 spiro atoms. The number of nitrogens with one attached hydrogen (secondary N) is 1. The van der Waals surface area contributed by atoms with Crippen molar-refractivity contribution in [1.82, 2.24) is 5.32 Å².